The summed E-state index contributed by atoms with van der Waals surface area (Å²) in [5, 5.41) is 9.25. The number of terminal acetylenes is 1. The van der Waals surface area contributed by atoms with Crippen LogP contribution in [0.5, 0.6) is 0 Å². The van der Waals surface area contributed by atoms with E-state index >= 15 is 0 Å². The maximum atomic E-state index is 11.2. The Labute approximate surface area is 95.5 Å². The van der Waals surface area contributed by atoms with E-state index in [4.69, 9.17) is 15.9 Å². The SMILES string of the molecule is C#C[C@@](OC(C)=O)(C(C)C)C1(C#N)COC1. The van der Waals surface area contributed by atoms with Gasteiger partial charge in [-0.1, -0.05) is 19.8 Å². The Morgan fingerprint density at radius 2 is 2.19 bits per heavy atom. The van der Waals surface area contributed by atoms with Crippen LogP contribution in [0.25, 0.3) is 0 Å². The average Bonchev–Trinajstić information content (AvgIpc) is 2.14. The fraction of sp³-hybridized carbons (Fsp3) is 0.667. The van der Waals surface area contributed by atoms with E-state index in [1.165, 1.54) is 6.92 Å². The first kappa shape index (κ1) is 12.5. The zero-order valence-electron chi connectivity index (χ0n) is 9.74. The molecule has 0 spiro atoms. The van der Waals surface area contributed by atoms with Crippen LogP contribution in [0, 0.1) is 35.0 Å². The molecule has 0 amide bonds. The van der Waals surface area contributed by atoms with E-state index in [2.05, 4.69) is 12.0 Å². The van der Waals surface area contributed by atoms with Gasteiger partial charge in [-0.15, -0.1) is 6.42 Å². The number of carbonyl (C=O) groups excluding carboxylic acids is 1. The van der Waals surface area contributed by atoms with Crippen LogP contribution in [-0.4, -0.2) is 24.8 Å². The maximum Gasteiger partial charge on any atom is 0.304 e. The van der Waals surface area contributed by atoms with E-state index in [1.54, 1.807) is 0 Å². The van der Waals surface area contributed by atoms with Crippen molar-refractivity contribution in [2.24, 2.45) is 11.3 Å². The van der Waals surface area contributed by atoms with Crippen molar-refractivity contribution in [2.75, 3.05) is 13.2 Å². The number of hydrogen-bond acceptors (Lipinski definition) is 4. The molecule has 86 valence electrons. The summed E-state index contributed by atoms with van der Waals surface area (Å²) in [6.07, 6.45) is 5.49. The average molecular weight is 221 g/mol. The van der Waals surface area contributed by atoms with Gasteiger partial charge in [-0.2, -0.15) is 5.26 Å². The Balaban J connectivity index is 3.18. The number of ether oxygens (including phenoxy) is 2. The molecule has 0 N–H and O–H groups in total. The van der Waals surface area contributed by atoms with Crippen LogP contribution in [0.2, 0.25) is 0 Å². The summed E-state index contributed by atoms with van der Waals surface area (Å²) >= 11 is 0. The van der Waals surface area contributed by atoms with Crippen LogP contribution < -0.4 is 0 Å². The minimum Gasteiger partial charge on any atom is -0.444 e. The Morgan fingerprint density at radius 3 is 2.38 bits per heavy atom. The third kappa shape index (κ3) is 1.56. The van der Waals surface area contributed by atoms with Crippen LogP contribution in [0.3, 0.4) is 0 Å². The van der Waals surface area contributed by atoms with Crippen LogP contribution in [0.1, 0.15) is 20.8 Å². The van der Waals surface area contributed by atoms with Crippen LogP contribution in [0.15, 0.2) is 0 Å². The van der Waals surface area contributed by atoms with Gasteiger partial charge in [0.15, 0.2) is 11.0 Å². The van der Waals surface area contributed by atoms with Gasteiger partial charge < -0.3 is 9.47 Å². The predicted octanol–water partition coefficient (Wildman–Crippen LogP) is 1.12. The van der Waals surface area contributed by atoms with E-state index in [-0.39, 0.29) is 19.1 Å². The Hall–Kier alpha value is -1.52. The molecule has 1 saturated heterocycles. The van der Waals surface area contributed by atoms with Crippen molar-refractivity contribution in [3.63, 3.8) is 0 Å². The molecule has 0 saturated carbocycles. The van der Waals surface area contributed by atoms with Gasteiger partial charge in [-0.05, 0) is 0 Å². The molecule has 1 aliphatic rings. The summed E-state index contributed by atoms with van der Waals surface area (Å²) in [5.41, 5.74) is -2.12. The third-order valence-corrected chi connectivity index (χ3v) is 2.95. The number of hydrogen-bond donors (Lipinski definition) is 0. The van der Waals surface area contributed by atoms with Gasteiger partial charge >= 0.3 is 5.97 Å². The molecule has 16 heavy (non-hydrogen) atoms. The van der Waals surface area contributed by atoms with Crippen molar-refractivity contribution in [3.8, 4) is 18.4 Å². The lowest BCUT2D eigenvalue weighted by Crippen LogP contribution is -2.62. The molecule has 0 aromatic rings. The lowest BCUT2D eigenvalue weighted by atomic mass is 9.66. The number of nitrogens with zero attached hydrogens (tertiary/aromatic N) is 1. The topological polar surface area (TPSA) is 59.3 Å². The van der Waals surface area contributed by atoms with Crippen LogP contribution >= 0.6 is 0 Å². The highest BCUT2D eigenvalue weighted by molar-refractivity contribution is 5.67. The zero-order valence-corrected chi connectivity index (χ0v) is 9.74. The minimum absolute atomic E-state index is 0.148. The standard InChI is InChI=1S/C12H15NO3/c1-5-12(9(2)3,16-10(4)14)11(6-13)7-15-8-11/h1,9H,7-8H2,2-4H3/t12-/m1/s1. The smallest absolute Gasteiger partial charge is 0.304 e. The van der Waals surface area contributed by atoms with Crippen LogP contribution in [0.4, 0.5) is 0 Å². The lowest BCUT2D eigenvalue weighted by molar-refractivity contribution is -0.206. The molecule has 1 heterocycles. The van der Waals surface area contributed by atoms with Gasteiger partial charge in [0.1, 0.15) is 0 Å². The van der Waals surface area contributed by atoms with E-state index in [0.29, 0.717) is 0 Å². The van der Waals surface area contributed by atoms with Gasteiger partial charge in [-0.3, -0.25) is 4.79 Å². The first-order valence-electron chi connectivity index (χ1n) is 5.10. The Kier molecular flexibility index (Phi) is 3.26. The molecule has 0 unspecified atom stereocenters. The molecule has 1 atom stereocenters. The van der Waals surface area contributed by atoms with E-state index in [9.17, 15) is 10.1 Å². The number of carbonyl (C=O) groups is 1. The van der Waals surface area contributed by atoms with E-state index < -0.39 is 17.0 Å². The summed E-state index contributed by atoms with van der Waals surface area (Å²) in [6.45, 7) is 5.37. The summed E-state index contributed by atoms with van der Waals surface area (Å²) < 4.78 is 10.3. The van der Waals surface area contributed by atoms with Crippen LogP contribution in [-0.2, 0) is 14.3 Å². The van der Waals surface area contributed by atoms with Crippen molar-refractivity contribution in [2.45, 2.75) is 26.4 Å². The van der Waals surface area contributed by atoms with Gasteiger partial charge in [0, 0.05) is 12.8 Å². The second-order valence-electron chi connectivity index (χ2n) is 4.32. The lowest BCUT2D eigenvalue weighted by Gasteiger charge is -2.48. The quantitative estimate of drug-likeness (QED) is 0.529. The monoisotopic (exact) mass is 221 g/mol. The first-order chi connectivity index (χ1) is 7.44. The molecule has 1 fully saturated rings. The van der Waals surface area contributed by atoms with Crippen molar-refractivity contribution >= 4 is 5.97 Å². The fourth-order valence-corrected chi connectivity index (χ4v) is 2.00. The zero-order chi connectivity index (χ0) is 12.4. The van der Waals surface area contributed by atoms with Gasteiger partial charge in [0.2, 0.25) is 0 Å². The molecule has 0 bridgehead atoms. The molecule has 4 nitrogen and oxygen atoms in total. The summed E-state index contributed by atoms with van der Waals surface area (Å²) in [4.78, 5) is 11.2. The van der Waals surface area contributed by atoms with Crippen molar-refractivity contribution < 1.29 is 14.3 Å². The molecular formula is C12H15NO3. The highest BCUT2D eigenvalue weighted by atomic mass is 16.6. The first-order valence-corrected chi connectivity index (χ1v) is 5.10. The summed E-state index contributed by atoms with van der Waals surface area (Å²) in [7, 11) is 0. The number of esters is 1. The molecule has 0 aliphatic carbocycles. The second-order valence-corrected chi connectivity index (χ2v) is 4.32. The Bertz CT molecular complexity index is 371. The van der Waals surface area contributed by atoms with Gasteiger partial charge in [0.05, 0.1) is 19.3 Å². The van der Waals surface area contributed by atoms with Crippen molar-refractivity contribution in [1.82, 2.24) is 0 Å². The van der Waals surface area contributed by atoms with Crippen molar-refractivity contribution in [3.05, 3.63) is 0 Å². The van der Waals surface area contributed by atoms with Gasteiger partial charge in [-0.25, -0.2) is 0 Å². The fourth-order valence-electron chi connectivity index (χ4n) is 2.00. The third-order valence-electron chi connectivity index (χ3n) is 2.95. The maximum absolute atomic E-state index is 11.2. The van der Waals surface area contributed by atoms with Crippen molar-refractivity contribution in [1.29, 1.82) is 5.26 Å². The minimum atomic E-state index is -1.20. The molecule has 4 heteroatoms. The summed E-state index contributed by atoms with van der Waals surface area (Å²) in [6, 6.07) is 2.15. The van der Waals surface area contributed by atoms with Gasteiger partial charge in [0.25, 0.3) is 0 Å². The highest BCUT2D eigenvalue weighted by Gasteiger charge is 2.60. The largest absolute Gasteiger partial charge is 0.444 e. The number of nitriles is 1. The molecular weight excluding hydrogens is 206 g/mol. The molecule has 0 aromatic heterocycles. The normalized spacial score (nSPS) is 21.1. The highest BCUT2D eigenvalue weighted by Crippen LogP contribution is 2.45. The molecule has 1 aliphatic heterocycles. The molecule has 1 rings (SSSR count). The van der Waals surface area contributed by atoms with E-state index in [0.717, 1.165) is 0 Å². The number of rotatable bonds is 3. The summed E-state index contributed by atoms with van der Waals surface area (Å²) in [5.74, 6) is 1.87. The predicted molar refractivity (Wildman–Crippen MR) is 57.0 cm³/mol. The molecule has 0 aromatic carbocycles. The second kappa shape index (κ2) is 4.15. The van der Waals surface area contributed by atoms with E-state index in [1.807, 2.05) is 13.8 Å². The molecule has 0 radical (unpaired) electrons. The Morgan fingerprint density at radius 1 is 1.62 bits per heavy atom.